The maximum Gasteiger partial charge on any atom is 0.261 e. The van der Waals surface area contributed by atoms with Crippen LogP contribution in [0.3, 0.4) is 0 Å². The van der Waals surface area contributed by atoms with Gasteiger partial charge in [0.05, 0.1) is 16.7 Å². The van der Waals surface area contributed by atoms with E-state index in [1.807, 2.05) is 16.8 Å². The molecule has 1 saturated heterocycles. The number of hydrogen-bond donors (Lipinski definition) is 5. The Balaban J connectivity index is 1.21. The second-order valence-corrected chi connectivity index (χ2v) is 11.0. The third-order valence-corrected chi connectivity index (χ3v) is 7.98. The first-order valence-electron chi connectivity index (χ1n) is 13.5. The molecule has 0 amide bonds. The van der Waals surface area contributed by atoms with Crippen molar-refractivity contribution in [3.63, 3.8) is 0 Å². The van der Waals surface area contributed by atoms with Gasteiger partial charge in [-0.15, -0.1) is 0 Å². The molecule has 1 aliphatic heterocycles. The molecule has 5 aromatic rings. The van der Waals surface area contributed by atoms with Crippen LogP contribution in [0, 0.1) is 11.6 Å². The largest absolute Gasteiger partial charge is 0.494 e. The number of piperidine rings is 1. The molecule has 0 aliphatic carbocycles. The number of likely N-dealkylation sites (tertiary alicyclic amines) is 1. The van der Waals surface area contributed by atoms with Crippen LogP contribution in [-0.4, -0.2) is 74.0 Å². The van der Waals surface area contributed by atoms with E-state index in [0.29, 0.717) is 34.0 Å². The summed E-state index contributed by atoms with van der Waals surface area (Å²) in [5.74, 6) is -1.55. The van der Waals surface area contributed by atoms with Crippen LogP contribution in [0.15, 0.2) is 47.5 Å². The average molecular weight is 599 g/mol. The number of benzene rings is 2. The van der Waals surface area contributed by atoms with E-state index in [2.05, 4.69) is 32.2 Å². The first kappa shape index (κ1) is 28.0. The van der Waals surface area contributed by atoms with Gasteiger partial charge in [-0.25, -0.2) is 13.8 Å². The van der Waals surface area contributed by atoms with Crippen LogP contribution in [0.4, 0.5) is 14.5 Å². The Morgan fingerprint density at radius 2 is 2.02 bits per heavy atom. The van der Waals surface area contributed by atoms with Crippen molar-refractivity contribution in [3.05, 3.63) is 69.7 Å². The van der Waals surface area contributed by atoms with Crippen molar-refractivity contribution >= 4 is 39.1 Å². The number of aromatic amines is 2. The number of ether oxygens (including phenoxy) is 1. The first-order valence-corrected chi connectivity index (χ1v) is 13.9. The number of pyridine rings is 1. The minimum Gasteiger partial charge on any atom is -0.494 e. The van der Waals surface area contributed by atoms with Crippen molar-refractivity contribution in [2.24, 2.45) is 0 Å². The number of halogens is 3. The Labute approximate surface area is 243 Å². The van der Waals surface area contributed by atoms with Gasteiger partial charge in [0.25, 0.3) is 5.56 Å². The number of nitrogens with zero attached hydrogens (tertiary/aromatic N) is 3. The van der Waals surface area contributed by atoms with Gasteiger partial charge in [-0.3, -0.25) is 4.79 Å². The van der Waals surface area contributed by atoms with Crippen molar-refractivity contribution < 1.29 is 23.7 Å². The zero-order valence-electron chi connectivity index (χ0n) is 22.6. The Kier molecular flexibility index (Phi) is 7.52. The lowest BCUT2D eigenvalue weighted by Crippen LogP contribution is -2.31. The van der Waals surface area contributed by atoms with Gasteiger partial charge in [-0.2, -0.15) is 0 Å². The molecule has 0 unspecified atom stereocenters. The molecule has 4 heterocycles. The van der Waals surface area contributed by atoms with Crippen molar-refractivity contribution in [3.8, 4) is 23.0 Å². The number of H-pyrrole nitrogens is 2. The molecule has 13 heteroatoms. The van der Waals surface area contributed by atoms with E-state index >= 15 is 0 Å². The highest BCUT2D eigenvalue weighted by molar-refractivity contribution is 6.32. The highest BCUT2D eigenvalue weighted by Crippen LogP contribution is 2.36. The Morgan fingerprint density at radius 3 is 2.81 bits per heavy atom. The molecule has 1 fully saturated rings. The molecule has 3 aromatic heterocycles. The zero-order valence-corrected chi connectivity index (χ0v) is 23.4. The van der Waals surface area contributed by atoms with Gasteiger partial charge in [-0.1, -0.05) is 11.6 Å². The number of aliphatic hydroxyl groups is 1. The third-order valence-electron chi connectivity index (χ3n) is 7.61. The smallest absolute Gasteiger partial charge is 0.261 e. The van der Waals surface area contributed by atoms with Crippen LogP contribution >= 0.6 is 11.6 Å². The molecule has 1 aliphatic rings. The first-order chi connectivity index (χ1) is 20.2. The SMILES string of the molecule is CN1CCC(n2cc3cc4[nH]c(-c5c(NC[C@@H](O)COc6cc(F)cc(F)c6Cl)cc[nH]c5=O)nc4cc3c2O)CC1. The summed E-state index contributed by atoms with van der Waals surface area (Å²) in [5, 5.41) is 25.6. The molecule has 220 valence electrons. The molecule has 5 N–H and O–H groups in total. The summed E-state index contributed by atoms with van der Waals surface area (Å²) < 4.78 is 34.4. The number of anilines is 1. The predicted molar refractivity (Wildman–Crippen MR) is 156 cm³/mol. The number of aliphatic hydroxyl groups excluding tert-OH is 1. The molecule has 1 atom stereocenters. The number of fused-ring (bicyclic) bond motifs is 2. The van der Waals surface area contributed by atoms with Gasteiger partial charge >= 0.3 is 0 Å². The summed E-state index contributed by atoms with van der Waals surface area (Å²) in [4.78, 5) is 25.6. The predicted octanol–water partition coefficient (Wildman–Crippen LogP) is 4.63. The lowest BCUT2D eigenvalue weighted by Gasteiger charge is -2.30. The van der Waals surface area contributed by atoms with Crippen LogP contribution in [0.5, 0.6) is 11.6 Å². The Morgan fingerprint density at radius 1 is 1.24 bits per heavy atom. The summed E-state index contributed by atoms with van der Waals surface area (Å²) in [6.45, 7) is 1.58. The highest BCUT2D eigenvalue weighted by atomic mass is 35.5. The minimum atomic E-state index is -1.11. The van der Waals surface area contributed by atoms with Gasteiger partial charge in [0.1, 0.15) is 46.5 Å². The van der Waals surface area contributed by atoms with Gasteiger partial charge in [-0.05, 0) is 51.2 Å². The number of aromatic hydroxyl groups is 1. The van der Waals surface area contributed by atoms with Gasteiger partial charge in [0, 0.05) is 47.9 Å². The van der Waals surface area contributed by atoms with Gasteiger partial charge < -0.3 is 39.7 Å². The molecule has 0 bridgehead atoms. The second kappa shape index (κ2) is 11.3. The Hall–Kier alpha value is -4.13. The highest BCUT2D eigenvalue weighted by Gasteiger charge is 2.23. The lowest BCUT2D eigenvalue weighted by atomic mass is 10.1. The number of hydrogen-bond acceptors (Lipinski definition) is 7. The van der Waals surface area contributed by atoms with E-state index in [1.54, 1.807) is 12.1 Å². The van der Waals surface area contributed by atoms with Crippen LogP contribution < -0.4 is 15.6 Å². The fraction of sp³-hybridized carbons (Fsp3) is 0.310. The van der Waals surface area contributed by atoms with Crippen molar-refractivity contribution in [2.75, 3.05) is 38.6 Å². The zero-order chi connectivity index (χ0) is 29.5. The number of rotatable bonds is 8. The average Bonchev–Trinajstić information content (AvgIpc) is 3.52. The molecule has 6 rings (SSSR count). The quantitative estimate of drug-likeness (QED) is 0.165. The van der Waals surface area contributed by atoms with E-state index in [9.17, 15) is 23.8 Å². The van der Waals surface area contributed by atoms with Gasteiger partial charge in [0.15, 0.2) is 5.88 Å². The fourth-order valence-electron chi connectivity index (χ4n) is 5.36. The topological polar surface area (TPSA) is 131 Å². The molecule has 0 spiro atoms. The van der Waals surface area contributed by atoms with Crippen molar-refractivity contribution in [2.45, 2.75) is 25.0 Å². The minimum absolute atomic E-state index is 0.0506. The molecular formula is C29H29ClF2N6O4. The van der Waals surface area contributed by atoms with E-state index in [4.69, 9.17) is 16.3 Å². The lowest BCUT2D eigenvalue weighted by molar-refractivity contribution is 0.117. The maximum absolute atomic E-state index is 13.7. The molecule has 10 nitrogen and oxygen atoms in total. The fourth-order valence-corrected chi connectivity index (χ4v) is 5.53. The van der Waals surface area contributed by atoms with Crippen LogP contribution in [0.2, 0.25) is 5.02 Å². The second-order valence-electron chi connectivity index (χ2n) is 10.6. The summed E-state index contributed by atoms with van der Waals surface area (Å²) in [6, 6.07) is 7.12. The van der Waals surface area contributed by atoms with Crippen molar-refractivity contribution in [1.29, 1.82) is 0 Å². The molecule has 0 saturated carbocycles. The monoisotopic (exact) mass is 598 g/mol. The normalized spacial score (nSPS) is 15.5. The number of imidazole rings is 1. The summed E-state index contributed by atoms with van der Waals surface area (Å²) in [7, 11) is 2.10. The van der Waals surface area contributed by atoms with Gasteiger partial charge in [0.2, 0.25) is 0 Å². The number of aromatic nitrogens is 4. The molecule has 0 radical (unpaired) electrons. The van der Waals surface area contributed by atoms with E-state index < -0.39 is 23.3 Å². The van der Waals surface area contributed by atoms with E-state index in [0.717, 1.165) is 37.4 Å². The molecular weight excluding hydrogens is 570 g/mol. The van der Waals surface area contributed by atoms with Crippen molar-refractivity contribution in [1.82, 2.24) is 24.4 Å². The maximum atomic E-state index is 13.7. The summed E-state index contributed by atoms with van der Waals surface area (Å²) >= 11 is 5.82. The standard InChI is InChI=1S/C29H29ClF2N6O4/c1-37-6-3-17(4-7-37)38-13-15-8-22-23(11-19(15)29(38)41)36-27(35-22)25-21(2-5-33-28(25)40)34-12-18(39)14-42-24-10-16(31)9-20(32)26(24)30/h2,5,8-11,13,17-18,39,41H,3-4,6-7,12,14H2,1H3,(H,35,36)(H2,33,34,40)/t18-/m1/s1. The summed E-state index contributed by atoms with van der Waals surface area (Å²) in [6.07, 6.45) is 4.21. The molecule has 42 heavy (non-hydrogen) atoms. The number of nitrogens with one attached hydrogen (secondary N) is 3. The Bertz CT molecular complexity index is 1830. The third kappa shape index (κ3) is 5.40. The van der Waals surface area contributed by atoms with Crippen LogP contribution in [0.1, 0.15) is 18.9 Å². The van der Waals surface area contributed by atoms with Crippen LogP contribution in [0.25, 0.3) is 33.2 Å². The molecule has 2 aromatic carbocycles. The van der Waals surface area contributed by atoms with E-state index in [-0.39, 0.29) is 41.4 Å². The van der Waals surface area contributed by atoms with Crippen LogP contribution in [-0.2, 0) is 0 Å². The summed E-state index contributed by atoms with van der Waals surface area (Å²) in [5.41, 5.74) is 1.49. The van der Waals surface area contributed by atoms with E-state index in [1.165, 1.54) is 6.20 Å².